The van der Waals surface area contributed by atoms with E-state index in [4.69, 9.17) is 18.9 Å². The smallest absolute Gasteiger partial charge is 0.265 e. The maximum absolute atomic E-state index is 5.86. The van der Waals surface area contributed by atoms with Crippen LogP contribution in [-0.4, -0.2) is 54.7 Å². The van der Waals surface area contributed by atoms with Gasteiger partial charge in [0.1, 0.15) is 6.33 Å². The Kier molecular flexibility index (Phi) is 11.0. The van der Waals surface area contributed by atoms with Crippen molar-refractivity contribution >= 4 is 18.4 Å². The summed E-state index contributed by atoms with van der Waals surface area (Å²) in [6.45, 7) is 9.94. The van der Waals surface area contributed by atoms with E-state index in [2.05, 4.69) is 53.5 Å². The monoisotopic (exact) mass is 522 g/mol. The highest BCUT2D eigenvalue weighted by molar-refractivity contribution is 5.82. The number of hydrazone groups is 1. The maximum atomic E-state index is 5.86. The van der Waals surface area contributed by atoms with Crippen LogP contribution in [-0.2, 0) is 0 Å². The number of methoxy groups -OCH3 is 2. The summed E-state index contributed by atoms with van der Waals surface area (Å²) in [6.07, 6.45) is 6.78. The van der Waals surface area contributed by atoms with Gasteiger partial charge in [-0.3, -0.25) is 0 Å². The number of nitrogens with one attached hydrogen (secondary N) is 1. The van der Waals surface area contributed by atoms with Gasteiger partial charge in [-0.2, -0.15) is 14.9 Å². The molecule has 2 aromatic carbocycles. The zero-order valence-corrected chi connectivity index (χ0v) is 23.0. The van der Waals surface area contributed by atoms with E-state index in [0.29, 0.717) is 54.0 Å². The normalized spacial score (nSPS) is 11.6. The number of hydrogen-bond donors (Lipinski definition) is 1. The van der Waals surface area contributed by atoms with E-state index in [-0.39, 0.29) is 0 Å². The van der Waals surface area contributed by atoms with Gasteiger partial charge in [-0.25, -0.2) is 5.43 Å². The van der Waals surface area contributed by atoms with Crippen LogP contribution < -0.4 is 24.4 Å². The second kappa shape index (κ2) is 14.6. The van der Waals surface area contributed by atoms with Gasteiger partial charge in [0, 0.05) is 0 Å². The minimum Gasteiger partial charge on any atom is -0.493 e. The average molecular weight is 523 g/mol. The molecule has 0 fully saturated rings. The Morgan fingerprint density at radius 1 is 0.816 bits per heavy atom. The molecule has 0 aliphatic heterocycles. The average Bonchev–Trinajstić information content (AvgIpc) is 3.35. The molecule has 0 aliphatic carbocycles. The summed E-state index contributed by atoms with van der Waals surface area (Å²) < 4.78 is 24.1. The molecule has 0 radical (unpaired) electrons. The lowest BCUT2D eigenvalue weighted by Crippen LogP contribution is -2.03. The van der Waals surface area contributed by atoms with Gasteiger partial charge in [0.2, 0.25) is 0 Å². The van der Waals surface area contributed by atoms with Crippen molar-refractivity contribution in [2.24, 2.45) is 22.0 Å². The lowest BCUT2D eigenvalue weighted by Gasteiger charge is -2.12. The van der Waals surface area contributed by atoms with Gasteiger partial charge in [-0.05, 0) is 72.2 Å². The van der Waals surface area contributed by atoms with Crippen LogP contribution in [0.15, 0.2) is 52.9 Å². The van der Waals surface area contributed by atoms with E-state index in [9.17, 15) is 0 Å². The van der Waals surface area contributed by atoms with Crippen molar-refractivity contribution in [2.75, 3.05) is 32.9 Å². The van der Waals surface area contributed by atoms with Crippen LogP contribution in [0.25, 0.3) is 0 Å². The fraction of sp³-hybridized carbons (Fsp3) is 0.429. The Balaban J connectivity index is 1.61. The van der Waals surface area contributed by atoms with Crippen LogP contribution in [0.3, 0.4) is 0 Å². The third-order valence-corrected chi connectivity index (χ3v) is 5.52. The van der Waals surface area contributed by atoms with Crippen molar-refractivity contribution in [1.82, 2.24) is 14.9 Å². The Morgan fingerprint density at radius 2 is 1.37 bits per heavy atom. The SMILES string of the molecule is COc1cc(C=NNc2nncn2/N=C/c2ccc(OCCC(C)C)c(OC)c2)ccc1OCCC(C)C. The van der Waals surface area contributed by atoms with Crippen molar-refractivity contribution in [3.8, 4) is 23.0 Å². The fourth-order valence-corrected chi connectivity index (χ4v) is 3.26. The van der Waals surface area contributed by atoms with Gasteiger partial charge in [0.05, 0.1) is 39.9 Å². The van der Waals surface area contributed by atoms with Gasteiger partial charge in [-0.1, -0.05) is 27.7 Å². The minimum atomic E-state index is 0.360. The maximum Gasteiger partial charge on any atom is 0.265 e. The summed E-state index contributed by atoms with van der Waals surface area (Å²) in [5, 5.41) is 16.6. The predicted molar refractivity (Wildman–Crippen MR) is 150 cm³/mol. The second-order valence-electron chi connectivity index (χ2n) is 9.50. The highest BCUT2D eigenvalue weighted by Gasteiger charge is 2.08. The summed E-state index contributed by atoms with van der Waals surface area (Å²) in [4.78, 5) is 0. The first-order valence-electron chi connectivity index (χ1n) is 12.7. The summed E-state index contributed by atoms with van der Waals surface area (Å²) >= 11 is 0. The summed E-state index contributed by atoms with van der Waals surface area (Å²) in [5.74, 6) is 4.22. The Labute approximate surface area is 224 Å². The van der Waals surface area contributed by atoms with Crippen LogP contribution in [0.2, 0.25) is 0 Å². The number of ether oxygens (including phenoxy) is 4. The summed E-state index contributed by atoms with van der Waals surface area (Å²) in [7, 11) is 3.24. The van der Waals surface area contributed by atoms with E-state index in [1.165, 1.54) is 11.0 Å². The zero-order chi connectivity index (χ0) is 27.3. The molecule has 0 amide bonds. The molecule has 0 unspecified atom stereocenters. The molecule has 1 aromatic heterocycles. The molecule has 3 rings (SSSR count). The van der Waals surface area contributed by atoms with Crippen molar-refractivity contribution in [3.63, 3.8) is 0 Å². The Hall–Kier alpha value is -4.08. The lowest BCUT2D eigenvalue weighted by atomic mass is 10.1. The molecule has 10 nitrogen and oxygen atoms in total. The van der Waals surface area contributed by atoms with E-state index in [1.807, 2.05) is 36.4 Å². The second-order valence-corrected chi connectivity index (χ2v) is 9.50. The van der Waals surface area contributed by atoms with Crippen LogP contribution >= 0.6 is 0 Å². The third kappa shape index (κ3) is 8.79. The number of hydrogen-bond acceptors (Lipinski definition) is 9. The fourth-order valence-electron chi connectivity index (χ4n) is 3.26. The van der Waals surface area contributed by atoms with Gasteiger partial charge in [0.15, 0.2) is 23.0 Å². The van der Waals surface area contributed by atoms with Crippen LogP contribution in [0.1, 0.15) is 51.7 Å². The quantitative estimate of drug-likeness (QED) is 0.208. The van der Waals surface area contributed by atoms with Gasteiger partial charge < -0.3 is 18.9 Å². The molecule has 0 atom stereocenters. The summed E-state index contributed by atoms with van der Waals surface area (Å²) in [6, 6.07) is 11.3. The highest BCUT2D eigenvalue weighted by Crippen LogP contribution is 2.29. The van der Waals surface area contributed by atoms with E-state index >= 15 is 0 Å². The first-order valence-corrected chi connectivity index (χ1v) is 12.7. The Bertz CT molecular complexity index is 1210. The van der Waals surface area contributed by atoms with Crippen LogP contribution in [0.4, 0.5) is 5.95 Å². The van der Waals surface area contributed by atoms with Crippen molar-refractivity contribution in [2.45, 2.75) is 40.5 Å². The van der Waals surface area contributed by atoms with Gasteiger partial charge in [-0.15, -0.1) is 10.2 Å². The van der Waals surface area contributed by atoms with Crippen molar-refractivity contribution in [3.05, 3.63) is 53.9 Å². The van der Waals surface area contributed by atoms with Crippen molar-refractivity contribution < 1.29 is 18.9 Å². The first-order chi connectivity index (χ1) is 18.4. The van der Waals surface area contributed by atoms with Gasteiger partial charge >= 0.3 is 0 Å². The third-order valence-electron chi connectivity index (χ3n) is 5.52. The van der Waals surface area contributed by atoms with Gasteiger partial charge in [0.25, 0.3) is 5.95 Å². The zero-order valence-electron chi connectivity index (χ0n) is 23.0. The summed E-state index contributed by atoms with van der Waals surface area (Å²) in [5.41, 5.74) is 4.54. The molecule has 38 heavy (non-hydrogen) atoms. The van der Waals surface area contributed by atoms with Crippen LogP contribution in [0.5, 0.6) is 23.0 Å². The molecule has 1 N–H and O–H groups in total. The van der Waals surface area contributed by atoms with Crippen molar-refractivity contribution in [1.29, 1.82) is 0 Å². The molecule has 1 heterocycles. The molecule has 3 aromatic rings. The number of aromatic nitrogens is 3. The standard InChI is InChI=1S/C28H38N6O4/c1-20(2)11-13-37-24-9-7-22(15-26(24)35-5)17-29-32-28-33-30-19-34(28)31-18-23-8-10-25(27(16-23)36-6)38-14-12-21(3)4/h7-10,15-21H,11-14H2,1-6H3,(H,32,33)/b29-17?,31-18+. The molecule has 10 heteroatoms. The number of nitrogens with zero attached hydrogens (tertiary/aromatic N) is 5. The van der Waals surface area contributed by atoms with E-state index in [1.54, 1.807) is 26.6 Å². The molecule has 204 valence electrons. The molecular weight excluding hydrogens is 484 g/mol. The number of benzene rings is 2. The largest absolute Gasteiger partial charge is 0.493 e. The predicted octanol–water partition coefficient (Wildman–Crippen LogP) is 5.47. The van der Waals surface area contributed by atoms with Crippen LogP contribution in [0, 0.1) is 11.8 Å². The molecule has 0 aliphatic rings. The number of anilines is 1. The molecule has 0 saturated carbocycles. The first kappa shape index (κ1) is 28.5. The topological polar surface area (TPSA) is 104 Å². The molecular formula is C28H38N6O4. The van der Waals surface area contributed by atoms with E-state index < -0.39 is 0 Å². The molecule has 0 spiro atoms. The van der Waals surface area contributed by atoms with E-state index in [0.717, 1.165) is 24.0 Å². The molecule has 0 saturated heterocycles. The minimum absolute atomic E-state index is 0.360. The Morgan fingerprint density at radius 3 is 1.89 bits per heavy atom. The number of rotatable bonds is 15. The molecule has 0 bridgehead atoms. The highest BCUT2D eigenvalue weighted by atomic mass is 16.5. The lowest BCUT2D eigenvalue weighted by molar-refractivity contribution is 0.273.